The van der Waals surface area contributed by atoms with Gasteiger partial charge in [-0.25, -0.2) is 13.6 Å². The molecule has 0 aromatic heterocycles. The average molecular weight is 253 g/mol. The highest BCUT2D eigenvalue weighted by Crippen LogP contribution is 2.30. The molecule has 2 rings (SSSR count). The van der Waals surface area contributed by atoms with Crippen LogP contribution in [-0.2, 0) is 0 Å². The molecule has 2 N–H and O–H groups in total. The van der Waals surface area contributed by atoms with Gasteiger partial charge in [0.25, 0.3) is 0 Å². The van der Waals surface area contributed by atoms with Gasteiger partial charge in [0.15, 0.2) is 0 Å². The van der Waals surface area contributed by atoms with Gasteiger partial charge in [-0.2, -0.15) is 0 Å². The van der Waals surface area contributed by atoms with Gasteiger partial charge in [0.05, 0.1) is 0 Å². The molecule has 1 aliphatic rings. The zero-order valence-electron chi connectivity index (χ0n) is 10.00. The zero-order chi connectivity index (χ0) is 13.4. The number of amidine groups is 1. The maximum atomic E-state index is 13.7. The summed E-state index contributed by atoms with van der Waals surface area (Å²) >= 11 is 0. The Morgan fingerprint density at radius 3 is 2.67 bits per heavy atom. The first kappa shape index (κ1) is 12.5. The summed E-state index contributed by atoms with van der Waals surface area (Å²) in [5.74, 6) is -1.37. The predicted octanol–water partition coefficient (Wildman–Crippen LogP) is 2.42. The summed E-state index contributed by atoms with van der Waals surface area (Å²) in [7, 11) is 0. The number of benzene rings is 1. The molecule has 1 heterocycles. The normalized spacial score (nSPS) is 19.6. The molecule has 2 amide bonds. The summed E-state index contributed by atoms with van der Waals surface area (Å²) in [6.07, 6.45) is 0. The molecule has 18 heavy (non-hydrogen) atoms. The Balaban J connectivity index is 2.50. The number of nitrogens with zero attached hydrogens (tertiary/aromatic N) is 1. The van der Waals surface area contributed by atoms with E-state index in [2.05, 4.69) is 5.32 Å². The third-order valence-corrected chi connectivity index (χ3v) is 2.84. The van der Waals surface area contributed by atoms with Crippen molar-refractivity contribution in [1.82, 2.24) is 10.2 Å². The number of hydrogen-bond acceptors (Lipinski definition) is 2. The van der Waals surface area contributed by atoms with Crippen LogP contribution >= 0.6 is 0 Å². The van der Waals surface area contributed by atoms with Crippen LogP contribution in [-0.4, -0.2) is 22.8 Å². The molecular weight excluding hydrogens is 240 g/mol. The van der Waals surface area contributed by atoms with Crippen LogP contribution in [0.5, 0.6) is 0 Å². The second kappa shape index (κ2) is 4.36. The van der Waals surface area contributed by atoms with Crippen molar-refractivity contribution in [2.24, 2.45) is 0 Å². The minimum absolute atomic E-state index is 0.00736. The monoisotopic (exact) mass is 253 g/mol. The molecule has 1 aromatic carbocycles. The van der Waals surface area contributed by atoms with E-state index in [0.717, 1.165) is 18.2 Å². The molecule has 1 unspecified atom stereocenters. The van der Waals surface area contributed by atoms with Crippen LogP contribution < -0.4 is 5.32 Å². The fraction of sp³-hybridized carbons (Fsp3) is 0.333. The Bertz CT molecular complexity index is 516. The molecule has 0 bridgehead atoms. The predicted molar refractivity (Wildman–Crippen MR) is 62.3 cm³/mol. The topological polar surface area (TPSA) is 56.2 Å². The van der Waals surface area contributed by atoms with Crippen LogP contribution in [0.4, 0.5) is 13.6 Å². The smallest absolute Gasteiger partial charge is 0.308 e. The van der Waals surface area contributed by atoms with E-state index in [4.69, 9.17) is 5.41 Å². The summed E-state index contributed by atoms with van der Waals surface area (Å²) in [4.78, 5) is 13.0. The summed E-state index contributed by atoms with van der Waals surface area (Å²) < 4.78 is 26.9. The molecule has 1 fully saturated rings. The van der Waals surface area contributed by atoms with Crippen molar-refractivity contribution in [2.45, 2.75) is 25.9 Å². The van der Waals surface area contributed by atoms with Crippen LogP contribution in [0.2, 0.25) is 0 Å². The highest BCUT2D eigenvalue weighted by atomic mass is 19.1. The number of carbonyl (C=O) groups is 1. The van der Waals surface area contributed by atoms with E-state index in [1.807, 2.05) is 0 Å². The van der Waals surface area contributed by atoms with Crippen molar-refractivity contribution in [2.75, 3.05) is 0 Å². The van der Waals surface area contributed by atoms with Crippen LogP contribution in [0.3, 0.4) is 0 Å². The van der Waals surface area contributed by atoms with Gasteiger partial charge >= 0.3 is 6.03 Å². The second-order valence-electron chi connectivity index (χ2n) is 4.41. The SMILES string of the molecule is CC(C)N1C(=O)NC(=N)C1c1cc(F)ccc1F. The lowest BCUT2D eigenvalue weighted by Crippen LogP contribution is -2.36. The first-order valence-electron chi connectivity index (χ1n) is 5.54. The summed E-state index contributed by atoms with van der Waals surface area (Å²) in [6, 6.07) is 1.44. The highest BCUT2D eigenvalue weighted by Gasteiger charge is 2.39. The third kappa shape index (κ3) is 1.94. The Labute approximate surface area is 103 Å². The number of hydrogen-bond donors (Lipinski definition) is 2. The maximum absolute atomic E-state index is 13.7. The van der Waals surface area contributed by atoms with Gasteiger partial charge in [-0.15, -0.1) is 0 Å². The van der Waals surface area contributed by atoms with E-state index in [1.165, 1.54) is 4.90 Å². The number of carbonyl (C=O) groups excluding carboxylic acids is 1. The second-order valence-corrected chi connectivity index (χ2v) is 4.41. The van der Waals surface area contributed by atoms with Crippen molar-refractivity contribution in [1.29, 1.82) is 5.41 Å². The molecule has 96 valence electrons. The molecule has 0 aliphatic carbocycles. The molecule has 1 aromatic rings. The van der Waals surface area contributed by atoms with Crippen molar-refractivity contribution in [3.8, 4) is 0 Å². The van der Waals surface area contributed by atoms with Gasteiger partial charge in [0.1, 0.15) is 23.5 Å². The Hall–Kier alpha value is -1.98. The third-order valence-electron chi connectivity index (χ3n) is 2.84. The number of halogens is 2. The first-order valence-corrected chi connectivity index (χ1v) is 5.54. The standard InChI is InChI=1S/C12H13F2N3O/c1-6(2)17-10(11(15)16-12(17)18)8-5-7(13)3-4-9(8)14/h3-6,10H,1-2H3,(H2,15,16,18). The highest BCUT2D eigenvalue weighted by molar-refractivity contribution is 6.06. The summed E-state index contributed by atoms with van der Waals surface area (Å²) in [5, 5.41) is 10.0. The minimum Gasteiger partial charge on any atom is -0.308 e. The van der Waals surface area contributed by atoms with Crippen molar-refractivity contribution >= 4 is 11.9 Å². The lowest BCUT2D eigenvalue weighted by Gasteiger charge is -2.26. The van der Waals surface area contributed by atoms with Gasteiger partial charge in [0.2, 0.25) is 0 Å². The Morgan fingerprint density at radius 1 is 1.39 bits per heavy atom. The molecular formula is C12H13F2N3O. The fourth-order valence-electron chi connectivity index (χ4n) is 2.07. The van der Waals surface area contributed by atoms with Gasteiger partial charge in [-0.05, 0) is 32.0 Å². The largest absolute Gasteiger partial charge is 0.323 e. The van der Waals surface area contributed by atoms with E-state index in [9.17, 15) is 13.6 Å². The summed E-state index contributed by atoms with van der Waals surface area (Å²) in [5.41, 5.74) is -0.00736. The Morgan fingerprint density at radius 2 is 2.06 bits per heavy atom. The number of amides is 2. The molecule has 6 heteroatoms. The van der Waals surface area contributed by atoms with E-state index in [0.29, 0.717) is 0 Å². The molecule has 0 spiro atoms. The van der Waals surface area contributed by atoms with Crippen LogP contribution in [0, 0.1) is 17.0 Å². The van der Waals surface area contributed by atoms with Crippen molar-refractivity contribution < 1.29 is 13.6 Å². The van der Waals surface area contributed by atoms with Crippen LogP contribution in [0.1, 0.15) is 25.5 Å². The minimum atomic E-state index is -0.895. The Kier molecular flexibility index (Phi) is 3.02. The van der Waals surface area contributed by atoms with Crippen molar-refractivity contribution in [3.05, 3.63) is 35.4 Å². The molecule has 4 nitrogen and oxygen atoms in total. The quantitative estimate of drug-likeness (QED) is 0.835. The maximum Gasteiger partial charge on any atom is 0.323 e. The van der Waals surface area contributed by atoms with Gasteiger partial charge in [0, 0.05) is 11.6 Å². The molecule has 1 saturated heterocycles. The van der Waals surface area contributed by atoms with E-state index in [-0.39, 0.29) is 17.4 Å². The van der Waals surface area contributed by atoms with Gasteiger partial charge in [-0.1, -0.05) is 0 Å². The lowest BCUT2D eigenvalue weighted by molar-refractivity contribution is 0.189. The van der Waals surface area contributed by atoms with E-state index >= 15 is 0 Å². The van der Waals surface area contributed by atoms with Gasteiger partial charge < -0.3 is 4.90 Å². The van der Waals surface area contributed by atoms with E-state index in [1.54, 1.807) is 13.8 Å². The first-order chi connectivity index (χ1) is 8.41. The molecule has 0 saturated carbocycles. The lowest BCUT2D eigenvalue weighted by atomic mass is 10.0. The van der Waals surface area contributed by atoms with Gasteiger partial charge in [-0.3, -0.25) is 10.7 Å². The number of rotatable bonds is 2. The molecule has 1 atom stereocenters. The number of nitrogens with one attached hydrogen (secondary N) is 2. The van der Waals surface area contributed by atoms with Crippen molar-refractivity contribution in [3.63, 3.8) is 0 Å². The van der Waals surface area contributed by atoms with E-state index < -0.39 is 23.7 Å². The van der Waals surface area contributed by atoms with Crippen LogP contribution in [0.15, 0.2) is 18.2 Å². The summed E-state index contributed by atoms with van der Waals surface area (Å²) in [6.45, 7) is 3.50. The molecule has 1 aliphatic heterocycles. The molecule has 0 radical (unpaired) electrons. The fourth-order valence-corrected chi connectivity index (χ4v) is 2.07. The average Bonchev–Trinajstić information content (AvgIpc) is 2.57. The zero-order valence-corrected chi connectivity index (χ0v) is 10.00. The number of urea groups is 1. The van der Waals surface area contributed by atoms with Crippen LogP contribution in [0.25, 0.3) is 0 Å².